The zero-order valence-electron chi connectivity index (χ0n) is 14.0. The summed E-state index contributed by atoms with van der Waals surface area (Å²) >= 11 is 0. The number of amides is 1. The van der Waals surface area contributed by atoms with Gasteiger partial charge in [-0.2, -0.15) is 0 Å². The zero-order valence-corrected chi connectivity index (χ0v) is 14.0. The number of methoxy groups -OCH3 is 1. The van der Waals surface area contributed by atoms with Crippen molar-refractivity contribution in [1.29, 1.82) is 0 Å². The van der Waals surface area contributed by atoms with E-state index < -0.39 is 0 Å². The van der Waals surface area contributed by atoms with Crippen molar-refractivity contribution in [2.45, 2.75) is 45.2 Å². The van der Waals surface area contributed by atoms with Crippen LogP contribution in [-0.4, -0.2) is 32.7 Å². The fourth-order valence-corrected chi connectivity index (χ4v) is 3.26. The minimum absolute atomic E-state index is 0.166. The number of likely N-dealkylation sites (N-methyl/N-ethyl adjacent to an activating group) is 1. The highest BCUT2D eigenvalue weighted by Crippen LogP contribution is 2.23. The van der Waals surface area contributed by atoms with Crippen LogP contribution in [0.3, 0.4) is 0 Å². The Bertz CT molecular complexity index is 490. The molecule has 122 valence electrons. The van der Waals surface area contributed by atoms with Crippen molar-refractivity contribution >= 4 is 5.91 Å². The number of benzene rings is 1. The maximum Gasteiger partial charge on any atom is 0.275 e. The Hall–Kier alpha value is -1.55. The third-order valence-electron chi connectivity index (χ3n) is 4.56. The first kappa shape index (κ1) is 16.8. The van der Waals surface area contributed by atoms with Gasteiger partial charge in [0.2, 0.25) is 0 Å². The average Bonchev–Trinajstić information content (AvgIpc) is 2.49. The third kappa shape index (κ3) is 5.02. The molecule has 1 aliphatic carbocycles. The molecule has 0 heterocycles. The number of nitrogens with one attached hydrogen (secondary N) is 2. The van der Waals surface area contributed by atoms with Gasteiger partial charge >= 0.3 is 0 Å². The van der Waals surface area contributed by atoms with Crippen LogP contribution in [0.4, 0.5) is 0 Å². The molecule has 1 saturated carbocycles. The van der Waals surface area contributed by atoms with Crippen LogP contribution in [0.1, 0.15) is 38.2 Å². The van der Waals surface area contributed by atoms with Crippen LogP contribution in [0, 0.1) is 5.92 Å². The minimum Gasteiger partial charge on any atom is -0.497 e. The molecular formula is C18H29N2O2+. The Labute approximate surface area is 133 Å². The van der Waals surface area contributed by atoms with E-state index in [1.54, 1.807) is 7.11 Å². The highest BCUT2D eigenvalue weighted by molar-refractivity contribution is 5.77. The fraction of sp³-hybridized carbons (Fsp3) is 0.611. The molecule has 2 N–H and O–H groups in total. The Morgan fingerprint density at radius 1 is 1.36 bits per heavy atom. The number of hydrogen-bond acceptors (Lipinski definition) is 2. The molecule has 0 aliphatic heterocycles. The van der Waals surface area contributed by atoms with E-state index in [0.29, 0.717) is 18.5 Å². The third-order valence-corrected chi connectivity index (χ3v) is 4.56. The van der Waals surface area contributed by atoms with Crippen molar-refractivity contribution in [2.24, 2.45) is 5.92 Å². The molecule has 4 heteroatoms. The molecule has 1 aliphatic rings. The summed E-state index contributed by atoms with van der Waals surface area (Å²) in [6.07, 6.45) is 4.90. The molecule has 1 aromatic rings. The van der Waals surface area contributed by atoms with Crippen LogP contribution in [0.5, 0.6) is 5.75 Å². The molecule has 22 heavy (non-hydrogen) atoms. The first-order chi connectivity index (χ1) is 10.6. The molecule has 0 radical (unpaired) electrons. The molecule has 3 atom stereocenters. The summed E-state index contributed by atoms with van der Waals surface area (Å²) in [5, 5.41) is 3.22. The van der Waals surface area contributed by atoms with Crippen molar-refractivity contribution < 1.29 is 14.4 Å². The van der Waals surface area contributed by atoms with Crippen molar-refractivity contribution in [3.63, 3.8) is 0 Å². The topological polar surface area (TPSA) is 42.8 Å². The van der Waals surface area contributed by atoms with E-state index in [2.05, 4.69) is 25.4 Å². The summed E-state index contributed by atoms with van der Waals surface area (Å²) in [5.41, 5.74) is 1.19. The van der Waals surface area contributed by atoms with E-state index in [-0.39, 0.29) is 5.91 Å². The van der Waals surface area contributed by atoms with E-state index in [1.807, 2.05) is 18.2 Å². The lowest BCUT2D eigenvalue weighted by Gasteiger charge is -2.29. The van der Waals surface area contributed by atoms with Crippen molar-refractivity contribution in [3.8, 4) is 5.75 Å². The van der Waals surface area contributed by atoms with E-state index in [9.17, 15) is 4.79 Å². The van der Waals surface area contributed by atoms with Gasteiger partial charge in [-0.25, -0.2) is 0 Å². The van der Waals surface area contributed by atoms with Crippen LogP contribution in [0.2, 0.25) is 0 Å². The zero-order chi connectivity index (χ0) is 15.9. The second-order valence-electron chi connectivity index (χ2n) is 6.60. The normalized spacial score (nSPS) is 22.9. The Balaban J connectivity index is 1.80. The number of carbonyl (C=O) groups excluding carboxylic acids is 1. The molecule has 1 fully saturated rings. The number of rotatable bonds is 6. The minimum atomic E-state index is 0.166. The highest BCUT2D eigenvalue weighted by atomic mass is 16.5. The van der Waals surface area contributed by atoms with Crippen molar-refractivity contribution in [1.82, 2.24) is 5.32 Å². The van der Waals surface area contributed by atoms with E-state index in [4.69, 9.17) is 4.74 Å². The number of carbonyl (C=O) groups is 1. The van der Waals surface area contributed by atoms with Crippen molar-refractivity contribution in [3.05, 3.63) is 29.8 Å². The SMILES string of the molecule is COc1cccc(C[NH+](C)CC(=O)N[C@@H]2CCCC[C@@H]2C)c1. The molecular weight excluding hydrogens is 276 g/mol. The van der Waals surface area contributed by atoms with Gasteiger partial charge in [-0.3, -0.25) is 4.79 Å². The Morgan fingerprint density at radius 2 is 2.14 bits per heavy atom. The highest BCUT2D eigenvalue weighted by Gasteiger charge is 2.23. The first-order valence-corrected chi connectivity index (χ1v) is 8.32. The molecule has 0 aromatic heterocycles. The summed E-state index contributed by atoms with van der Waals surface area (Å²) in [6, 6.07) is 8.41. The monoisotopic (exact) mass is 305 g/mol. The summed E-state index contributed by atoms with van der Waals surface area (Å²) in [6.45, 7) is 3.59. The fourth-order valence-electron chi connectivity index (χ4n) is 3.26. The number of hydrogen-bond donors (Lipinski definition) is 2. The van der Waals surface area contributed by atoms with Gasteiger partial charge < -0.3 is 15.0 Å². The van der Waals surface area contributed by atoms with Crippen LogP contribution in [0.15, 0.2) is 24.3 Å². The lowest BCUT2D eigenvalue weighted by molar-refractivity contribution is -0.885. The summed E-state index contributed by atoms with van der Waals surface area (Å²) in [7, 11) is 3.73. The number of quaternary nitrogens is 1. The second-order valence-corrected chi connectivity index (χ2v) is 6.60. The van der Waals surface area contributed by atoms with Gasteiger partial charge in [0.05, 0.1) is 14.2 Å². The summed E-state index contributed by atoms with van der Waals surface area (Å²) in [5.74, 6) is 1.64. The molecule has 0 bridgehead atoms. The average molecular weight is 305 g/mol. The van der Waals surface area contributed by atoms with Gasteiger partial charge in [0.25, 0.3) is 5.91 Å². The molecule has 1 amide bonds. The lowest BCUT2D eigenvalue weighted by Crippen LogP contribution is -3.09. The largest absolute Gasteiger partial charge is 0.497 e. The number of ether oxygens (including phenoxy) is 1. The lowest BCUT2D eigenvalue weighted by atomic mass is 9.86. The standard InChI is InChI=1S/C18H28N2O2/c1-14-7-4-5-10-17(14)19-18(21)13-20(2)12-15-8-6-9-16(11-15)22-3/h6,8-9,11,14,17H,4-5,7,10,12-13H2,1-3H3,(H,19,21)/p+1/t14-,17+/m0/s1. The maximum atomic E-state index is 12.2. The van der Waals surface area contributed by atoms with Crippen LogP contribution >= 0.6 is 0 Å². The van der Waals surface area contributed by atoms with E-state index in [1.165, 1.54) is 29.7 Å². The Morgan fingerprint density at radius 3 is 2.86 bits per heavy atom. The van der Waals surface area contributed by atoms with Crippen LogP contribution < -0.4 is 15.0 Å². The second kappa shape index (κ2) is 8.18. The molecule has 0 spiro atoms. The van der Waals surface area contributed by atoms with Gasteiger partial charge in [-0.15, -0.1) is 0 Å². The summed E-state index contributed by atoms with van der Waals surface area (Å²) < 4.78 is 5.24. The molecule has 1 aromatic carbocycles. The Kier molecular flexibility index (Phi) is 6.25. The molecule has 4 nitrogen and oxygen atoms in total. The summed E-state index contributed by atoms with van der Waals surface area (Å²) in [4.78, 5) is 13.4. The molecule has 0 saturated heterocycles. The van der Waals surface area contributed by atoms with Gasteiger partial charge in [0.15, 0.2) is 6.54 Å². The molecule has 2 rings (SSSR count). The molecule has 1 unspecified atom stereocenters. The van der Waals surface area contributed by atoms with Crippen LogP contribution in [0.25, 0.3) is 0 Å². The maximum absolute atomic E-state index is 12.2. The van der Waals surface area contributed by atoms with Gasteiger partial charge in [-0.05, 0) is 30.9 Å². The van der Waals surface area contributed by atoms with Crippen LogP contribution in [-0.2, 0) is 11.3 Å². The smallest absolute Gasteiger partial charge is 0.275 e. The van der Waals surface area contributed by atoms with Gasteiger partial charge in [0.1, 0.15) is 12.3 Å². The van der Waals surface area contributed by atoms with Crippen molar-refractivity contribution in [2.75, 3.05) is 20.7 Å². The quantitative estimate of drug-likeness (QED) is 0.834. The van der Waals surface area contributed by atoms with E-state index >= 15 is 0 Å². The first-order valence-electron chi connectivity index (χ1n) is 8.32. The van der Waals surface area contributed by atoms with E-state index in [0.717, 1.165) is 18.7 Å². The van der Waals surface area contributed by atoms with Gasteiger partial charge in [0, 0.05) is 11.6 Å². The van der Waals surface area contributed by atoms with Gasteiger partial charge in [-0.1, -0.05) is 31.9 Å². The predicted octanol–water partition coefficient (Wildman–Crippen LogP) is 1.40. The predicted molar refractivity (Wildman–Crippen MR) is 88.0 cm³/mol.